The Hall–Kier alpha value is -4.21. The molecule has 5 rings (SSSR count). The topological polar surface area (TPSA) is 88.1 Å². The van der Waals surface area contributed by atoms with Crippen LogP contribution in [0.5, 0.6) is 17.2 Å². The lowest BCUT2D eigenvalue weighted by atomic mass is 10.00. The normalized spacial score (nSPS) is 16.0. The Bertz CT molecular complexity index is 1350. The Balaban J connectivity index is 1.64. The zero-order valence-corrected chi connectivity index (χ0v) is 20.9. The summed E-state index contributed by atoms with van der Waals surface area (Å²) in [4.78, 5) is 29.0. The van der Waals surface area contributed by atoms with Crippen LogP contribution in [-0.4, -0.2) is 36.2 Å². The van der Waals surface area contributed by atoms with Crippen LogP contribution in [0.15, 0.2) is 66.7 Å². The molecule has 1 fully saturated rings. The van der Waals surface area contributed by atoms with E-state index in [0.29, 0.717) is 23.7 Å². The van der Waals surface area contributed by atoms with Crippen molar-refractivity contribution in [1.82, 2.24) is 5.32 Å². The standard InChI is InChI=1S/C29H27F3N2O5/c30-29(31,32)20-4-3-7-22(17-20)34(28(37)19-10-13-24-25(16-19)39-15-14-38-24)26(18-8-11-23(35)12-9-18)27(36)33-21-5-1-2-6-21/h3-4,7-13,16-17,21,26,35H,1-2,5-6,14-15H2,(H,33,36)/t26-/m1/s1. The van der Waals surface area contributed by atoms with Crippen LogP contribution in [0, 0.1) is 0 Å². The van der Waals surface area contributed by atoms with Crippen LogP contribution >= 0.6 is 0 Å². The molecule has 1 saturated carbocycles. The third kappa shape index (κ3) is 5.79. The summed E-state index contributed by atoms with van der Waals surface area (Å²) in [6.45, 7) is 0.628. The minimum atomic E-state index is -4.66. The van der Waals surface area contributed by atoms with E-state index in [-0.39, 0.29) is 29.6 Å². The van der Waals surface area contributed by atoms with Gasteiger partial charge in [0.1, 0.15) is 25.0 Å². The number of rotatable bonds is 6. The average molecular weight is 541 g/mol. The average Bonchev–Trinajstić information content (AvgIpc) is 3.44. The molecule has 2 N–H and O–H groups in total. The number of hydrogen-bond donors (Lipinski definition) is 2. The summed E-state index contributed by atoms with van der Waals surface area (Å²) in [6.07, 6.45) is -1.23. The number of ether oxygens (including phenoxy) is 2. The van der Waals surface area contributed by atoms with Crippen molar-refractivity contribution >= 4 is 17.5 Å². The van der Waals surface area contributed by atoms with Crippen molar-refractivity contribution < 1.29 is 37.3 Å². The van der Waals surface area contributed by atoms with Crippen molar-refractivity contribution in [2.24, 2.45) is 0 Å². The molecule has 39 heavy (non-hydrogen) atoms. The number of phenolic OH excluding ortho intramolecular Hbond substituents is 1. The maximum Gasteiger partial charge on any atom is 0.416 e. The van der Waals surface area contributed by atoms with Gasteiger partial charge in [0.15, 0.2) is 11.5 Å². The summed E-state index contributed by atoms with van der Waals surface area (Å²) in [7, 11) is 0. The minimum absolute atomic E-state index is 0.0579. The van der Waals surface area contributed by atoms with E-state index in [2.05, 4.69) is 5.32 Å². The quantitative estimate of drug-likeness (QED) is 0.423. The number of amides is 2. The number of hydrogen-bond acceptors (Lipinski definition) is 5. The summed E-state index contributed by atoms with van der Waals surface area (Å²) < 4.78 is 52.2. The van der Waals surface area contributed by atoms with Crippen molar-refractivity contribution in [2.45, 2.75) is 43.9 Å². The number of phenols is 1. The molecule has 2 amide bonds. The molecule has 1 heterocycles. The van der Waals surface area contributed by atoms with Gasteiger partial charge in [-0.2, -0.15) is 13.2 Å². The molecule has 0 aromatic heterocycles. The minimum Gasteiger partial charge on any atom is -0.508 e. The molecule has 204 valence electrons. The number of alkyl halides is 3. The van der Waals surface area contributed by atoms with E-state index in [1.165, 1.54) is 48.5 Å². The second-order valence-corrected chi connectivity index (χ2v) is 9.57. The first-order valence-corrected chi connectivity index (χ1v) is 12.7. The van der Waals surface area contributed by atoms with Gasteiger partial charge in [-0.15, -0.1) is 0 Å². The van der Waals surface area contributed by atoms with Crippen molar-refractivity contribution in [1.29, 1.82) is 0 Å². The van der Waals surface area contributed by atoms with E-state index in [9.17, 15) is 27.9 Å². The van der Waals surface area contributed by atoms with Gasteiger partial charge < -0.3 is 19.9 Å². The number of carbonyl (C=O) groups is 2. The predicted octanol–water partition coefficient (Wildman–Crippen LogP) is 5.63. The van der Waals surface area contributed by atoms with Crippen LogP contribution in [0.4, 0.5) is 18.9 Å². The van der Waals surface area contributed by atoms with Gasteiger partial charge in [-0.05, 0) is 66.9 Å². The number of carbonyl (C=O) groups excluding carboxylic acids is 2. The lowest BCUT2D eigenvalue weighted by Gasteiger charge is -2.33. The number of aromatic hydroxyl groups is 1. The molecule has 1 atom stereocenters. The maximum absolute atomic E-state index is 14.1. The van der Waals surface area contributed by atoms with Crippen molar-refractivity contribution in [3.05, 3.63) is 83.4 Å². The molecule has 0 bridgehead atoms. The molecule has 7 nitrogen and oxygen atoms in total. The lowest BCUT2D eigenvalue weighted by Crippen LogP contribution is -2.46. The van der Waals surface area contributed by atoms with Gasteiger partial charge in [-0.25, -0.2) is 0 Å². The predicted molar refractivity (Wildman–Crippen MR) is 137 cm³/mol. The number of fused-ring (bicyclic) bond motifs is 1. The fraction of sp³-hybridized carbons (Fsp3) is 0.310. The van der Waals surface area contributed by atoms with Crippen LogP contribution in [0.3, 0.4) is 0 Å². The Morgan fingerprint density at radius 2 is 1.62 bits per heavy atom. The highest BCUT2D eigenvalue weighted by Crippen LogP contribution is 2.37. The van der Waals surface area contributed by atoms with Gasteiger partial charge in [-0.1, -0.05) is 31.0 Å². The molecule has 3 aromatic carbocycles. The third-order valence-electron chi connectivity index (χ3n) is 6.88. The highest BCUT2D eigenvalue weighted by atomic mass is 19.4. The highest BCUT2D eigenvalue weighted by molar-refractivity contribution is 6.10. The van der Waals surface area contributed by atoms with Crippen molar-refractivity contribution in [2.75, 3.05) is 18.1 Å². The first-order chi connectivity index (χ1) is 18.7. The number of benzene rings is 3. The zero-order valence-electron chi connectivity index (χ0n) is 20.9. The second kappa shape index (κ2) is 10.9. The third-order valence-corrected chi connectivity index (χ3v) is 6.88. The molecule has 10 heteroatoms. The first kappa shape index (κ1) is 26.4. The number of anilines is 1. The van der Waals surface area contributed by atoms with Gasteiger partial charge in [0.2, 0.25) is 5.91 Å². The summed E-state index contributed by atoms with van der Waals surface area (Å²) >= 11 is 0. The fourth-order valence-electron chi connectivity index (χ4n) is 4.96. The Kier molecular flexibility index (Phi) is 7.36. The van der Waals surface area contributed by atoms with Crippen LogP contribution in [0.1, 0.15) is 53.2 Å². The second-order valence-electron chi connectivity index (χ2n) is 9.57. The smallest absolute Gasteiger partial charge is 0.416 e. The van der Waals surface area contributed by atoms with Gasteiger partial charge in [0, 0.05) is 17.3 Å². The Morgan fingerprint density at radius 3 is 2.31 bits per heavy atom. The Labute approximate surface area is 223 Å². The van der Waals surface area contributed by atoms with Gasteiger partial charge >= 0.3 is 6.18 Å². The molecule has 1 aliphatic heterocycles. The molecule has 0 saturated heterocycles. The largest absolute Gasteiger partial charge is 0.508 e. The summed E-state index contributed by atoms with van der Waals surface area (Å²) in [6, 6.07) is 13.1. The van der Waals surface area contributed by atoms with E-state index in [1.54, 1.807) is 6.07 Å². The van der Waals surface area contributed by atoms with E-state index in [0.717, 1.165) is 42.7 Å². The number of halogens is 3. The SMILES string of the molecule is O=C(NC1CCCC1)[C@@H](c1ccc(O)cc1)N(C(=O)c1ccc2c(c1)OCCO2)c1cccc(C(F)(F)F)c1. The van der Waals surface area contributed by atoms with Crippen LogP contribution < -0.4 is 19.7 Å². The summed E-state index contributed by atoms with van der Waals surface area (Å²) in [5.41, 5.74) is -0.634. The first-order valence-electron chi connectivity index (χ1n) is 12.7. The van der Waals surface area contributed by atoms with Gasteiger partial charge in [-0.3, -0.25) is 14.5 Å². The molecule has 3 aromatic rings. The maximum atomic E-state index is 14.1. The van der Waals surface area contributed by atoms with E-state index in [4.69, 9.17) is 9.47 Å². The molecule has 0 spiro atoms. The molecule has 0 unspecified atom stereocenters. The van der Waals surface area contributed by atoms with E-state index in [1.807, 2.05) is 0 Å². The number of nitrogens with zero attached hydrogens (tertiary/aromatic N) is 1. The molecular weight excluding hydrogens is 513 g/mol. The molecule has 2 aliphatic rings. The summed E-state index contributed by atoms with van der Waals surface area (Å²) in [5.74, 6) is -0.524. The van der Waals surface area contributed by atoms with Crippen molar-refractivity contribution in [3.8, 4) is 17.2 Å². The van der Waals surface area contributed by atoms with Crippen molar-refractivity contribution in [3.63, 3.8) is 0 Å². The van der Waals surface area contributed by atoms with Crippen LogP contribution in [-0.2, 0) is 11.0 Å². The Morgan fingerprint density at radius 1 is 0.923 bits per heavy atom. The zero-order chi connectivity index (χ0) is 27.6. The number of nitrogens with one attached hydrogen (secondary N) is 1. The van der Waals surface area contributed by atoms with Gasteiger partial charge in [0.05, 0.1) is 5.56 Å². The monoisotopic (exact) mass is 540 g/mol. The summed E-state index contributed by atoms with van der Waals surface area (Å²) in [5, 5.41) is 12.8. The van der Waals surface area contributed by atoms with Crippen LogP contribution in [0.2, 0.25) is 0 Å². The van der Waals surface area contributed by atoms with Gasteiger partial charge in [0.25, 0.3) is 5.91 Å². The fourth-order valence-corrected chi connectivity index (χ4v) is 4.96. The van der Waals surface area contributed by atoms with E-state index >= 15 is 0 Å². The molecule has 1 aliphatic carbocycles. The highest BCUT2D eigenvalue weighted by Gasteiger charge is 2.37. The van der Waals surface area contributed by atoms with Crippen LogP contribution in [0.25, 0.3) is 0 Å². The molecule has 0 radical (unpaired) electrons. The lowest BCUT2D eigenvalue weighted by molar-refractivity contribution is -0.137. The van der Waals surface area contributed by atoms with E-state index < -0.39 is 29.6 Å². The molecular formula is C29H27F3N2O5.